The molecule has 0 radical (unpaired) electrons. The first-order valence-corrected chi connectivity index (χ1v) is 11.3. The zero-order chi connectivity index (χ0) is 22.4. The van der Waals surface area contributed by atoms with Crippen molar-refractivity contribution in [1.29, 1.82) is 0 Å². The van der Waals surface area contributed by atoms with Gasteiger partial charge in [-0.05, 0) is 64.8 Å². The number of hydrogen-bond acceptors (Lipinski definition) is 6. The van der Waals surface area contributed by atoms with E-state index in [1.54, 1.807) is 51.1 Å². The average molecular weight is 452 g/mol. The van der Waals surface area contributed by atoms with Crippen molar-refractivity contribution in [3.05, 3.63) is 64.4 Å². The van der Waals surface area contributed by atoms with Crippen molar-refractivity contribution < 1.29 is 22.1 Å². The van der Waals surface area contributed by atoms with Gasteiger partial charge in [0.05, 0.1) is 11.5 Å². The normalized spacial score (nSPS) is 12.3. The molecule has 0 fully saturated rings. The lowest BCUT2D eigenvalue weighted by Crippen LogP contribution is -2.25. The molecule has 0 spiro atoms. The summed E-state index contributed by atoms with van der Waals surface area (Å²) in [5.74, 6) is -0.558. The molecule has 0 atom stereocenters. The summed E-state index contributed by atoms with van der Waals surface area (Å²) in [6.07, 6.45) is 4.60. The molecule has 2 rings (SSSR count). The lowest BCUT2D eigenvalue weighted by molar-refractivity contribution is 0.00625. The Kier molecular flexibility index (Phi) is 8.18. The number of unbranched alkanes of at least 4 members (excludes halogenated alkanes) is 1. The Balaban J connectivity index is 1.93. The van der Waals surface area contributed by atoms with Crippen molar-refractivity contribution in [3.8, 4) is 0 Å². The molecule has 162 valence electrons. The van der Waals surface area contributed by atoms with Gasteiger partial charge in [-0.25, -0.2) is 9.78 Å². The van der Waals surface area contributed by atoms with E-state index in [-0.39, 0.29) is 22.3 Å². The van der Waals surface area contributed by atoms with Crippen LogP contribution in [-0.2, 0) is 19.0 Å². The summed E-state index contributed by atoms with van der Waals surface area (Å²) < 4.78 is 34.7. The lowest BCUT2D eigenvalue weighted by atomic mass is 10.1. The van der Waals surface area contributed by atoms with Crippen LogP contribution in [0.3, 0.4) is 0 Å². The molecule has 8 heteroatoms. The fourth-order valence-electron chi connectivity index (χ4n) is 2.42. The van der Waals surface area contributed by atoms with Crippen LogP contribution in [-0.4, -0.2) is 31.6 Å². The fraction of sp³-hybridized carbons (Fsp3) is 0.364. The fourth-order valence-corrected chi connectivity index (χ4v) is 3.51. The highest BCUT2D eigenvalue weighted by atomic mass is 35.5. The van der Waals surface area contributed by atoms with Gasteiger partial charge in [0.1, 0.15) is 10.8 Å². The number of benzene rings is 1. The zero-order valence-corrected chi connectivity index (χ0v) is 19.1. The number of allylic oxidation sites excluding steroid dienone is 1. The Hall–Kier alpha value is -2.22. The van der Waals surface area contributed by atoms with E-state index < -0.39 is 21.7 Å². The standard InChI is InChI=1S/C22H26ClNO5S/c1-16-9-12-18(13-10-16)30(26,27)28-15-7-5-6-8-17-11-14-19(23)24-20(17)21(25)29-22(2,3)4/h6,8-14H,5,7,15H2,1-4H3/b8-6+. The topological polar surface area (TPSA) is 82.6 Å². The Morgan fingerprint density at radius 3 is 2.43 bits per heavy atom. The van der Waals surface area contributed by atoms with Gasteiger partial charge in [-0.3, -0.25) is 4.18 Å². The number of esters is 1. The predicted octanol–water partition coefficient (Wildman–Crippen LogP) is 5.20. The van der Waals surface area contributed by atoms with Gasteiger partial charge in [0.2, 0.25) is 0 Å². The summed E-state index contributed by atoms with van der Waals surface area (Å²) in [7, 11) is -3.77. The highest BCUT2D eigenvalue weighted by Crippen LogP contribution is 2.18. The molecule has 0 amide bonds. The van der Waals surface area contributed by atoms with E-state index >= 15 is 0 Å². The Morgan fingerprint density at radius 1 is 1.13 bits per heavy atom. The van der Waals surface area contributed by atoms with Crippen LogP contribution < -0.4 is 0 Å². The maximum absolute atomic E-state index is 12.4. The monoisotopic (exact) mass is 451 g/mol. The molecule has 1 aromatic carbocycles. The van der Waals surface area contributed by atoms with E-state index in [1.807, 2.05) is 13.0 Å². The number of pyridine rings is 1. The molecule has 0 aliphatic rings. The highest BCUT2D eigenvalue weighted by Gasteiger charge is 2.21. The predicted molar refractivity (Wildman–Crippen MR) is 117 cm³/mol. The van der Waals surface area contributed by atoms with Gasteiger partial charge in [-0.1, -0.05) is 41.4 Å². The maximum Gasteiger partial charge on any atom is 0.358 e. The van der Waals surface area contributed by atoms with Crippen molar-refractivity contribution in [2.45, 2.75) is 51.0 Å². The zero-order valence-electron chi connectivity index (χ0n) is 17.5. The van der Waals surface area contributed by atoms with Crippen molar-refractivity contribution in [3.63, 3.8) is 0 Å². The molecule has 0 unspecified atom stereocenters. The molecule has 0 saturated heterocycles. The molecule has 0 aliphatic heterocycles. The number of carbonyl (C=O) groups excluding carboxylic acids is 1. The van der Waals surface area contributed by atoms with Gasteiger partial charge in [0.25, 0.3) is 10.1 Å². The first kappa shape index (κ1) is 24.1. The Bertz CT molecular complexity index is 1010. The minimum Gasteiger partial charge on any atom is -0.455 e. The molecule has 0 aliphatic carbocycles. The average Bonchev–Trinajstić information content (AvgIpc) is 2.64. The number of aryl methyl sites for hydroxylation is 1. The largest absolute Gasteiger partial charge is 0.455 e. The van der Waals surface area contributed by atoms with Crippen molar-refractivity contribution in [2.75, 3.05) is 6.61 Å². The molecule has 1 aromatic heterocycles. The molecule has 0 N–H and O–H groups in total. The van der Waals surface area contributed by atoms with E-state index in [0.717, 1.165) is 5.56 Å². The smallest absolute Gasteiger partial charge is 0.358 e. The quantitative estimate of drug-likeness (QED) is 0.237. The number of halogens is 1. The molecule has 0 saturated carbocycles. The van der Waals surface area contributed by atoms with Gasteiger partial charge in [0, 0.05) is 5.56 Å². The minimum atomic E-state index is -3.77. The summed E-state index contributed by atoms with van der Waals surface area (Å²) in [5, 5.41) is 0.197. The van der Waals surface area contributed by atoms with E-state index in [9.17, 15) is 13.2 Å². The summed E-state index contributed by atoms with van der Waals surface area (Å²) in [6.45, 7) is 7.26. The summed E-state index contributed by atoms with van der Waals surface area (Å²) in [5.41, 5.74) is 1.03. The van der Waals surface area contributed by atoms with E-state index in [2.05, 4.69) is 4.98 Å². The van der Waals surface area contributed by atoms with E-state index in [4.69, 9.17) is 20.5 Å². The van der Waals surface area contributed by atoms with Gasteiger partial charge >= 0.3 is 5.97 Å². The van der Waals surface area contributed by atoms with Gasteiger partial charge in [0.15, 0.2) is 5.69 Å². The first-order chi connectivity index (χ1) is 14.0. The Labute approximate surface area is 183 Å². The van der Waals surface area contributed by atoms with Crippen LogP contribution in [0.25, 0.3) is 6.08 Å². The second-order valence-corrected chi connectivity index (χ2v) is 9.71. The van der Waals surface area contributed by atoms with Crippen LogP contribution in [0.4, 0.5) is 0 Å². The maximum atomic E-state index is 12.4. The van der Waals surface area contributed by atoms with Crippen LogP contribution in [0.15, 0.2) is 47.4 Å². The second kappa shape index (κ2) is 10.2. The van der Waals surface area contributed by atoms with Gasteiger partial charge in [-0.15, -0.1) is 0 Å². The van der Waals surface area contributed by atoms with E-state index in [0.29, 0.717) is 18.4 Å². The summed E-state index contributed by atoms with van der Waals surface area (Å²) in [4.78, 5) is 16.6. The SMILES string of the molecule is Cc1ccc(S(=O)(=O)OCCC/C=C/c2ccc(Cl)nc2C(=O)OC(C)(C)C)cc1. The molecule has 6 nitrogen and oxygen atoms in total. The van der Waals surface area contributed by atoms with Gasteiger partial charge < -0.3 is 4.74 Å². The number of rotatable bonds is 8. The van der Waals surface area contributed by atoms with Crippen molar-refractivity contribution in [2.24, 2.45) is 0 Å². The molecule has 1 heterocycles. The molecule has 30 heavy (non-hydrogen) atoms. The minimum absolute atomic E-state index is 0.0539. The van der Waals surface area contributed by atoms with Crippen LogP contribution in [0.1, 0.15) is 55.2 Å². The molecule has 2 aromatic rings. The Morgan fingerprint density at radius 2 is 1.80 bits per heavy atom. The second-order valence-electron chi connectivity index (χ2n) is 7.71. The number of ether oxygens (including phenoxy) is 1. The van der Waals surface area contributed by atoms with Crippen LogP contribution in [0.2, 0.25) is 5.15 Å². The first-order valence-electron chi connectivity index (χ1n) is 9.50. The third-order valence-corrected chi connectivity index (χ3v) is 5.38. The van der Waals surface area contributed by atoms with Crippen molar-refractivity contribution in [1.82, 2.24) is 4.98 Å². The molecule has 0 bridgehead atoms. The van der Waals surface area contributed by atoms with Crippen molar-refractivity contribution >= 4 is 33.8 Å². The molecular weight excluding hydrogens is 426 g/mol. The third-order valence-electron chi connectivity index (χ3n) is 3.85. The van der Waals surface area contributed by atoms with Crippen LogP contribution in [0.5, 0.6) is 0 Å². The third kappa shape index (κ3) is 7.55. The van der Waals surface area contributed by atoms with Gasteiger partial charge in [-0.2, -0.15) is 8.42 Å². The lowest BCUT2D eigenvalue weighted by Gasteiger charge is -2.19. The summed E-state index contributed by atoms with van der Waals surface area (Å²) in [6, 6.07) is 9.77. The molecular formula is C22H26ClNO5S. The highest BCUT2D eigenvalue weighted by molar-refractivity contribution is 7.86. The summed E-state index contributed by atoms with van der Waals surface area (Å²) >= 11 is 5.92. The van der Waals surface area contributed by atoms with Crippen LogP contribution in [0, 0.1) is 6.92 Å². The number of nitrogens with zero attached hydrogens (tertiary/aromatic N) is 1. The number of carbonyl (C=O) groups is 1. The van der Waals surface area contributed by atoms with Crippen LogP contribution >= 0.6 is 11.6 Å². The number of aromatic nitrogens is 1. The number of hydrogen-bond donors (Lipinski definition) is 0. The van der Waals surface area contributed by atoms with E-state index in [1.165, 1.54) is 12.1 Å².